The van der Waals surface area contributed by atoms with Gasteiger partial charge in [0.25, 0.3) is 0 Å². The van der Waals surface area contributed by atoms with Crippen molar-refractivity contribution in [1.82, 2.24) is 5.32 Å². The lowest BCUT2D eigenvalue weighted by atomic mass is 9.93. The quantitative estimate of drug-likeness (QED) is 0.624. The maximum Gasteiger partial charge on any atom is 0.231 e. The topological polar surface area (TPSA) is 81.5 Å². The third-order valence-electron chi connectivity index (χ3n) is 5.78. The van der Waals surface area contributed by atoms with E-state index < -0.39 is 0 Å². The summed E-state index contributed by atoms with van der Waals surface area (Å²) in [4.78, 5) is 5.02. The van der Waals surface area contributed by atoms with E-state index in [1.165, 1.54) is 0 Å². The van der Waals surface area contributed by atoms with E-state index in [0.29, 0.717) is 23.7 Å². The maximum atomic E-state index is 10.5. The molecule has 2 N–H and O–H groups in total. The van der Waals surface area contributed by atoms with Crippen molar-refractivity contribution in [3.8, 4) is 28.7 Å². The van der Waals surface area contributed by atoms with E-state index in [1.54, 1.807) is 20.3 Å². The fourth-order valence-electron chi connectivity index (χ4n) is 4.13. The molecule has 5 rings (SSSR count). The minimum absolute atomic E-state index is 0.132. The van der Waals surface area contributed by atoms with Gasteiger partial charge in [0.2, 0.25) is 6.79 Å². The Morgan fingerprint density at radius 1 is 0.938 bits per heavy atom. The van der Waals surface area contributed by atoms with Crippen LogP contribution < -0.4 is 24.3 Å². The van der Waals surface area contributed by atoms with Crippen molar-refractivity contribution in [2.45, 2.75) is 18.6 Å². The molecule has 2 heterocycles. The second kappa shape index (κ2) is 8.43. The fourth-order valence-corrected chi connectivity index (χ4v) is 4.13. The number of ether oxygens (including phenoxy) is 4. The minimum atomic E-state index is -0.339. The molecular formula is C25H24N2O5. The number of para-hydroxylation sites is 1. The molecule has 3 aromatic rings. The smallest absolute Gasteiger partial charge is 0.231 e. The van der Waals surface area contributed by atoms with Crippen molar-refractivity contribution in [3.63, 3.8) is 0 Å². The van der Waals surface area contributed by atoms with Crippen molar-refractivity contribution in [3.05, 3.63) is 77.4 Å². The molecule has 0 bridgehead atoms. The Morgan fingerprint density at radius 3 is 2.56 bits per heavy atom. The van der Waals surface area contributed by atoms with Crippen LogP contribution in [-0.2, 0) is 0 Å². The van der Waals surface area contributed by atoms with Crippen molar-refractivity contribution < 1.29 is 24.1 Å². The van der Waals surface area contributed by atoms with Gasteiger partial charge in [-0.15, -0.1) is 0 Å². The molecule has 164 valence electrons. The van der Waals surface area contributed by atoms with Gasteiger partial charge in [-0.05, 0) is 47.5 Å². The molecule has 2 aliphatic heterocycles. The van der Waals surface area contributed by atoms with E-state index in [1.807, 2.05) is 54.6 Å². The lowest BCUT2D eigenvalue weighted by molar-refractivity contribution is 0.174. The number of fused-ring (bicyclic) bond motifs is 1. The van der Waals surface area contributed by atoms with Crippen LogP contribution in [0.2, 0.25) is 0 Å². The Bertz CT molecular complexity index is 1180. The molecule has 0 spiro atoms. The number of nitrogens with zero attached hydrogens (tertiary/aromatic N) is 1. The predicted octanol–water partition coefficient (Wildman–Crippen LogP) is 4.36. The molecule has 0 aromatic heterocycles. The molecule has 32 heavy (non-hydrogen) atoms. The molecule has 0 fully saturated rings. The summed E-state index contributed by atoms with van der Waals surface area (Å²) in [6, 6.07) is 18.9. The summed E-state index contributed by atoms with van der Waals surface area (Å²) in [6.07, 6.45) is 0.273. The zero-order valence-corrected chi connectivity index (χ0v) is 17.9. The van der Waals surface area contributed by atoms with Gasteiger partial charge >= 0.3 is 0 Å². The van der Waals surface area contributed by atoms with Crippen LogP contribution in [-0.4, -0.2) is 31.8 Å². The number of hydrogen-bond acceptors (Lipinski definition) is 7. The summed E-state index contributed by atoms with van der Waals surface area (Å²) < 4.78 is 21.9. The van der Waals surface area contributed by atoms with Gasteiger partial charge in [-0.25, -0.2) is 0 Å². The van der Waals surface area contributed by atoms with Crippen molar-refractivity contribution in [2.75, 3.05) is 21.0 Å². The van der Waals surface area contributed by atoms with Crippen LogP contribution in [0.15, 0.2) is 65.7 Å². The number of aliphatic imine (C=N–C) groups is 1. The van der Waals surface area contributed by atoms with Gasteiger partial charge in [-0.1, -0.05) is 24.3 Å². The SMILES string of the molecule is COc1ccc([C@H]2N=C(c3ccc4c(c3)OCO4)C[C@@H](c3ccccc3O)N2)cc1OC. The number of benzene rings is 3. The van der Waals surface area contributed by atoms with Gasteiger partial charge in [0.05, 0.1) is 14.2 Å². The third-order valence-corrected chi connectivity index (χ3v) is 5.78. The summed E-state index contributed by atoms with van der Waals surface area (Å²) in [6.45, 7) is 0.224. The molecule has 0 aliphatic carbocycles. The van der Waals surface area contributed by atoms with E-state index in [0.717, 1.165) is 28.2 Å². The Balaban J connectivity index is 1.57. The molecule has 0 amide bonds. The second-order valence-corrected chi connectivity index (χ2v) is 7.64. The molecule has 0 unspecified atom stereocenters. The first-order chi connectivity index (χ1) is 15.7. The largest absolute Gasteiger partial charge is 0.508 e. The molecule has 0 saturated carbocycles. The molecule has 2 atom stereocenters. The first-order valence-electron chi connectivity index (χ1n) is 10.4. The lowest BCUT2D eigenvalue weighted by Gasteiger charge is -2.31. The number of phenolic OH excluding ortho intramolecular Hbond substituents is 1. The lowest BCUT2D eigenvalue weighted by Crippen LogP contribution is -2.33. The van der Waals surface area contributed by atoms with Gasteiger partial charge in [-0.2, -0.15) is 0 Å². The number of nitrogens with one attached hydrogen (secondary N) is 1. The normalized spacial score (nSPS) is 19.4. The first-order valence-corrected chi connectivity index (χ1v) is 10.4. The highest BCUT2D eigenvalue weighted by atomic mass is 16.7. The molecule has 7 nitrogen and oxygen atoms in total. The van der Waals surface area contributed by atoms with Crippen LogP contribution in [0.1, 0.15) is 35.3 Å². The molecule has 7 heteroatoms. The van der Waals surface area contributed by atoms with Crippen molar-refractivity contribution >= 4 is 5.71 Å². The summed E-state index contributed by atoms with van der Waals surface area (Å²) in [5.74, 6) is 2.99. The molecule has 0 saturated heterocycles. The average molecular weight is 432 g/mol. The van der Waals surface area contributed by atoms with Crippen LogP contribution in [0, 0.1) is 0 Å². The predicted molar refractivity (Wildman–Crippen MR) is 120 cm³/mol. The second-order valence-electron chi connectivity index (χ2n) is 7.64. The van der Waals surface area contributed by atoms with E-state index in [2.05, 4.69) is 5.32 Å². The van der Waals surface area contributed by atoms with Crippen LogP contribution in [0.5, 0.6) is 28.7 Å². The Morgan fingerprint density at radius 2 is 1.75 bits per heavy atom. The average Bonchev–Trinajstić information content (AvgIpc) is 3.31. The number of aromatic hydroxyl groups is 1. The Labute approximate surface area is 186 Å². The van der Waals surface area contributed by atoms with Gasteiger partial charge in [0.15, 0.2) is 23.0 Å². The number of methoxy groups -OCH3 is 2. The van der Waals surface area contributed by atoms with Crippen LogP contribution in [0.25, 0.3) is 0 Å². The zero-order valence-electron chi connectivity index (χ0n) is 17.9. The van der Waals surface area contributed by atoms with Gasteiger partial charge < -0.3 is 24.1 Å². The van der Waals surface area contributed by atoms with E-state index in [-0.39, 0.29) is 24.8 Å². The number of hydrogen-bond donors (Lipinski definition) is 2. The van der Waals surface area contributed by atoms with E-state index >= 15 is 0 Å². The van der Waals surface area contributed by atoms with Gasteiger partial charge in [0, 0.05) is 23.7 Å². The van der Waals surface area contributed by atoms with Crippen LogP contribution in [0.3, 0.4) is 0 Å². The van der Waals surface area contributed by atoms with Crippen molar-refractivity contribution in [1.29, 1.82) is 0 Å². The Kier molecular flexibility index (Phi) is 5.33. The monoisotopic (exact) mass is 432 g/mol. The summed E-state index contributed by atoms with van der Waals surface area (Å²) in [5, 5.41) is 14.1. The minimum Gasteiger partial charge on any atom is -0.508 e. The van der Waals surface area contributed by atoms with E-state index in [4.69, 9.17) is 23.9 Å². The summed E-state index contributed by atoms with van der Waals surface area (Å²) in [5.41, 5.74) is 3.63. The fraction of sp³-hybridized carbons (Fsp3) is 0.240. The van der Waals surface area contributed by atoms with Gasteiger partial charge in [-0.3, -0.25) is 10.3 Å². The maximum absolute atomic E-state index is 10.5. The highest BCUT2D eigenvalue weighted by Gasteiger charge is 2.29. The molecule has 2 aliphatic rings. The number of phenols is 1. The van der Waals surface area contributed by atoms with Gasteiger partial charge in [0.1, 0.15) is 11.9 Å². The van der Waals surface area contributed by atoms with Crippen molar-refractivity contribution in [2.24, 2.45) is 4.99 Å². The van der Waals surface area contributed by atoms with Crippen LogP contribution in [0.4, 0.5) is 0 Å². The first kappa shape index (κ1) is 20.2. The molecular weight excluding hydrogens is 408 g/mol. The van der Waals surface area contributed by atoms with Crippen LogP contribution >= 0.6 is 0 Å². The standard InChI is InChI=1S/C25H24N2O5/c1-29-21-9-8-16(12-23(21)30-2)25-26-18(15-7-10-22-24(11-15)32-14-31-22)13-19(27-25)17-5-3-4-6-20(17)28/h3-12,19,25,27-28H,13-14H2,1-2H3/t19-,25-/m0/s1. The highest BCUT2D eigenvalue weighted by molar-refractivity contribution is 6.02. The molecule has 0 radical (unpaired) electrons. The third kappa shape index (κ3) is 3.71. The Hall–Kier alpha value is -3.71. The number of rotatable bonds is 5. The summed E-state index contributed by atoms with van der Waals surface area (Å²) in [7, 11) is 3.22. The zero-order chi connectivity index (χ0) is 22.1. The summed E-state index contributed by atoms with van der Waals surface area (Å²) >= 11 is 0. The highest BCUT2D eigenvalue weighted by Crippen LogP contribution is 2.38. The molecule has 3 aromatic carbocycles. The van der Waals surface area contributed by atoms with E-state index in [9.17, 15) is 5.11 Å².